The maximum Gasteiger partial charge on any atom is 0.0541 e. The molecule has 0 bridgehead atoms. The van der Waals surface area contributed by atoms with Crippen LogP contribution in [0.2, 0.25) is 0 Å². The van der Waals surface area contributed by atoms with Gasteiger partial charge in [0.15, 0.2) is 0 Å². The Kier molecular flexibility index (Phi) is 8.04. The Morgan fingerprint density at radius 3 is 1.56 bits per heavy atom. The van der Waals surface area contributed by atoms with Crippen LogP contribution in [0, 0.1) is 0 Å². The Balaban J connectivity index is 1.04. The lowest BCUT2D eigenvalue weighted by molar-refractivity contribution is 1.18. The minimum absolute atomic E-state index is 1.11. The van der Waals surface area contributed by atoms with Gasteiger partial charge in [0, 0.05) is 59.3 Å². The van der Waals surface area contributed by atoms with Gasteiger partial charge in [-0.05, 0) is 113 Å². The van der Waals surface area contributed by atoms with Crippen LogP contribution in [-0.2, 0) is 0 Å². The maximum absolute atomic E-state index is 2.41. The molecule has 11 rings (SSSR count). The summed E-state index contributed by atoms with van der Waals surface area (Å²) in [5.41, 5.74) is 14.2. The highest BCUT2D eigenvalue weighted by Gasteiger charge is 2.18. The standard InChI is InChI=1S/C54H36N2S/c1-4-14-37(15-5-1)38-24-29-44(30-25-38)55(42-16-6-2-7-17-42)45-31-26-39(27-32-45)41-35-48(54-50(36-41)47-21-11-13-23-53(47)57-54)40-28-33-52-49(34-40)46-20-10-12-22-51(46)56(52)43-18-8-3-9-19-43/h1-36H. The summed E-state index contributed by atoms with van der Waals surface area (Å²) in [6, 6.07) is 79.2. The topological polar surface area (TPSA) is 8.17 Å². The molecular weight excluding hydrogens is 709 g/mol. The third-order valence-corrected chi connectivity index (χ3v) is 12.4. The molecule has 0 aliphatic heterocycles. The van der Waals surface area contributed by atoms with Crippen LogP contribution in [0.15, 0.2) is 218 Å². The summed E-state index contributed by atoms with van der Waals surface area (Å²) in [5.74, 6) is 0. The van der Waals surface area contributed by atoms with E-state index >= 15 is 0 Å². The largest absolute Gasteiger partial charge is 0.311 e. The zero-order chi connectivity index (χ0) is 37.7. The molecule has 3 heteroatoms. The lowest BCUT2D eigenvalue weighted by atomic mass is 9.95. The molecule has 0 atom stereocenters. The summed E-state index contributed by atoms with van der Waals surface area (Å²) < 4.78 is 5.01. The van der Waals surface area contributed by atoms with E-state index in [4.69, 9.17) is 0 Å². The molecule has 2 heterocycles. The molecule has 0 amide bonds. The van der Waals surface area contributed by atoms with Gasteiger partial charge in [-0.25, -0.2) is 0 Å². The van der Waals surface area contributed by atoms with Gasteiger partial charge in [0.1, 0.15) is 0 Å². The lowest BCUT2D eigenvalue weighted by Crippen LogP contribution is -2.09. The molecule has 0 spiro atoms. The quantitative estimate of drug-likeness (QED) is 0.158. The first-order chi connectivity index (χ1) is 28.3. The van der Waals surface area contributed by atoms with E-state index in [1.54, 1.807) is 0 Å². The molecule has 0 aliphatic rings. The Hall–Kier alpha value is -7.20. The number of benzene rings is 9. The van der Waals surface area contributed by atoms with Crippen LogP contribution < -0.4 is 4.90 Å². The summed E-state index contributed by atoms with van der Waals surface area (Å²) >= 11 is 1.89. The first-order valence-corrected chi connectivity index (χ1v) is 20.2. The predicted molar refractivity (Wildman–Crippen MR) is 245 cm³/mol. The Morgan fingerprint density at radius 2 is 0.842 bits per heavy atom. The second-order valence-corrected chi connectivity index (χ2v) is 15.6. The van der Waals surface area contributed by atoms with Gasteiger partial charge in [-0.15, -0.1) is 11.3 Å². The van der Waals surface area contributed by atoms with Crippen molar-refractivity contribution in [3.63, 3.8) is 0 Å². The highest BCUT2D eigenvalue weighted by atomic mass is 32.1. The highest BCUT2D eigenvalue weighted by Crippen LogP contribution is 2.45. The van der Waals surface area contributed by atoms with Crippen LogP contribution >= 0.6 is 11.3 Å². The van der Waals surface area contributed by atoms with Crippen LogP contribution in [0.5, 0.6) is 0 Å². The Labute approximate surface area is 335 Å². The molecule has 2 aromatic heterocycles. The van der Waals surface area contributed by atoms with E-state index in [0.29, 0.717) is 0 Å². The van der Waals surface area contributed by atoms with Gasteiger partial charge in [0.05, 0.1) is 11.0 Å². The highest BCUT2D eigenvalue weighted by molar-refractivity contribution is 7.26. The maximum atomic E-state index is 2.41. The second-order valence-electron chi connectivity index (χ2n) is 14.5. The van der Waals surface area contributed by atoms with Gasteiger partial charge >= 0.3 is 0 Å². The van der Waals surface area contributed by atoms with E-state index in [9.17, 15) is 0 Å². The molecule has 0 saturated carbocycles. The van der Waals surface area contributed by atoms with Crippen molar-refractivity contribution in [3.8, 4) is 39.1 Å². The fourth-order valence-electron chi connectivity index (χ4n) is 8.46. The Bertz CT molecular complexity index is 3200. The average Bonchev–Trinajstić information content (AvgIpc) is 3.83. The molecule has 0 unspecified atom stereocenters. The van der Waals surface area contributed by atoms with Gasteiger partial charge in [-0.1, -0.05) is 133 Å². The summed E-state index contributed by atoms with van der Waals surface area (Å²) in [5, 5.41) is 5.11. The van der Waals surface area contributed by atoms with Crippen molar-refractivity contribution >= 4 is 70.4 Å². The van der Waals surface area contributed by atoms with E-state index in [2.05, 4.69) is 228 Å². The van der Waals surface area contributed by atoms with Gasteiger partial charge < -0.3 is 9.47 Å². The zero-order valence-electron chi connectivity index (χ0n) is 31.1. The fraction of sp³-hybridized carbons (Fsp3) is 0. The zero-order valence-corrected chi connectivity index (χ0v) is 31.9. The van der Waals surface area contributed by atoms with Gasteiger partial charge in [0.2, 0.25) is 0 Å². The SMILES string of the molecule is c1ccc(-c2ccc(N(c3ccccc3)c3ccc(-c4cc(-c5ccc6c(c5)c5ccccc5n6-c5ccccc5)c5sc6ccccc6c5c4)cc3)cc2)cc1. The molecule has 0 N–H and O–H groups in total. The van der Waals surface area contributed by atoms with Crippen molar-refractivity contribution in [2.75, 3.05) is 4.90 Å². The van der Waals surface area contributed by atoms with Gasteiger partial charge in [-0.2, -0.15) is 0 Å². The fourth-order valence-corrected chi connectivity index (χ4v) is 9.68. The van der Waals surface area contributed by atoms with E-state index in [0.717, 1.165) is 17.1 Å². The lowest BCUT2D eigenvalue weighted by Gasteiger charge is -2.26. The number of hydrogen-bond donors (Lipinski definition) is 0. The molecule has 0 saturated heterocycles. The van der Waals surface area contributed by atoms with Crippen LogP contribution in [0.3, 0.4) is 0 Å². The molecule has 9 aromatic carbocycles. The molecule has 11 aromatic rings. The van der Waals surface area contributed by atoms with E-state index < -0.39 is 0 Å². The minimum Gasteiger partial charge on any atom is -0.311 e. The average molecular weight is 745 g/mol. The summed E-state index contributed by atoms with van der Waals surface area (Å²) in [6.45, 7) is 0. The van der Waals surface area contributed by atoms with E-state index in [1.807, 2.05) is 11.3 Å². The number of aromatic nitrogens is 1. The summed E-state index contributed by atoms with van der Waals surface area (Å²) in [7, 11) is 0. The molecule has 0 fully saturated rings. The molecule has 268 valence electrons. The molecular formula is C54H36N2S. The summed E-state index contributed by atoms with van der Waals surface area (Å²) in [6.07, 6.45) is 0. The number of hydrogen-bond acceptors (Lipinski definition) is 2. The third-order valence-electron chi connectivity index (χ3n) is 11.2. The molecule has 2 nitrogen and oxygen atoms in total. The van der Waals surface area contributed by atoms with Crippen molar-refractivity contribution in [1.29, 1.82) is 0 Å². The number of nitrogens with zero attached hydrogens (tertiary/aromatic N) is 2. The number of anilines is 3. The van der Waals surface area contributed by atoms with Crippen molar-refractivity contribution in [2.45, 2.75) is 0 Å². The van der Waals surface area contributed by atoms with E-state index in [1.165, 1.54) is 81.0 Å². The number of fused-ring (bicyclic) bond motifs is 6. The normalized spacial score (nSPS) is 11.5. The first kappa shape index (κ1) is 33.2. The van der Waals surface area contributed by atoms with Crippen molar-refractivity contribution in [3.05, 3.63) is 218 Å². The van der Waals surface area contributed by atoms with E-state index in [-0.39, 0.29) is 0 Å². The predicted octanol–water partition coefficient (Wildman–Crippen LogP) is 15.6. The van der Waals surface area contributed by atoms with Crippen LogP contribution in [0.25, 0.3) is 81.0 Å². The number of rotatable bonds is 7. The summed E-state index contributed by atoms with van der Waals surface area (Å²) in [4.78, 5) is 2.33. The monoisotopic (exact) mass is 744 g/mol. The van der Waals surface area contributed by atoms with Crippen molar-refractivity contribution < 1.29 is 0 Å². The molecule has 0 aliphatic carbocycles. The Morgan fingerprint density at radius 1 is 0.333 bits per heavy atom. The third kappa shape index (κ3) is 5.80. The second kappa shape index (κ2) is 13.8. The molecule has 57 heavy (non-hydrogen) atoms. The first-order valence-electron chi connectivity index (χ1n) is 19.4. The van der Waals surface area contributed by atoms with Crippen molar-refractivity contribution in [2.24, 2.45) is 0 Å². The molecule has 0 radical (unpaired) electrons. The van der Waals surface area contributed by atoms with Gasteiger partial charge in [-0.3, -0.25) is 0 Å². The number of thiophene rings is 1. The smallest absolute Gasteiger partial charge is 0.0541 e. The van der Waals surface area contributed by atoms with Crippen LogP contribution in [0.1, 0.15) is 0 Å². The minimum atomic E-state index is 1.11. The van der Waals surface area contributed by atoms with Gasteiger partial charge in [0.25, 0.3) is 0 Å². The van der Waals surface area contributed by atoms with Crippen molar-refractivity contribution in [1.82, 2.24) is 4.57 Å². The van der Waals surface area contributed by atoms with Crippen LogP contribution in [-0.4, -0.2) is 4.57 Å². The van der Waals surface area contributed by atoms with Crippen LogP contribution in [0.4, 0.5) is 17.1 Å². The number of para-hydroxylation sites is 3.